The zero-order chi connectivity index (χ0) is 16.0. The molecule has 0 saturated heterocycles. The average Bonchev–Trinajstić information content (AvgIpc) is 2.37. The van der Waals surface area contributed by atoms with Crippen molar-refractivity contribution in [1.82, 2.24) is 0 Å². The SMILES string of the molecule is CCCCS(=O)CC(=O)Nc1ccc(C(F)(F)F)cc1N. The van der Waals surface area contributed by atoms with E-state index < -0.39 is 28.4 Å². The molecule has 1 aromatic carbocycles. The van der Waals surface area contributed by atoms with Gasteiger partial charge < -0.3 is 11.1 Å². The Morgan fingerprint density at radius 1 is 1.38 bits per heavy atom. The fourth-order valence-electron chi connectivity index (χ4n) is 1.56. The van der Waals surface area contributed by atoms with Gasteiger partial charge in [0.15, 0.2) is 0 Å². The first-order valence-corrected chi connectivity index (χ1v) is 7.84. The molecular weight excluding hydrogens is 305 g/mol. The number of rotatable bonds is 6. The summed E-state index contributed by atoms with van der Waals surface area (Å²) in [5, 5.41) is 2.37. The van der Waals surface area contributed by atoms with Crippen molar-refractivity contribution in [2.45, 2.75) is 25.9 Å². The van der Waals surface area contributed by atoms with Gasteiger partial charge >= 0.3 is 6.18 Å². The van der Waals surface area contributed by atoms with E-state index in [1.165, 1.54) is 0 Å². The van der Waals surface area contributed by atoms with Gasteiger partial charge in [-0.3, -0.25) is 9.00 Å². The van der Waals surface area contributed by atoms with E-state index in [-0.39, 0.29) is 17.1 Å². The number of carbonyl (C=O) groups is 1. The van der Waals surface area contributed by atoms with Gasteiger partial charge in [0.2, 0.25) is 5.91 Å². The summed E-state index contributed by atoms with van der Waals surface area (Å²) in [6.07, 6.45) is -2.86. The van der Waals surface area contributed by atoms with Crippen LogP contribution in [0.15, 0.2) is 18.2 Å². The standard InChI is InChI=1S/C13H17F3N2O2S/c1-2-3-6-21(20)8-12(19)18-11-5-4-9(7-10(11)17)13(14,15)16/h4-5,7H,2-3,6,8,17H2,1H3,(H,18,19). The summed E-state index contributed by atoms with van der Waals surface area (Å²) in [5.74, 6) is -0.303. The monoisotopic (exact) mass is 322 g/mol. The van der Waals surface area contributed by atoms with Crippen LogP contribution in [0, 0.1) is 0 Å². The first-order valence-electron chi connectivity index (χ1n) is 6.35. The van der Waals surface area contributed by atoms with Crippen LogP contribution >= 0.6 is 0 Å². The van der Waals surface area contributed by atoms with Crippen LogP contribution in [-0.4, -0.2) is 21.6 Å². The number of nitrogens with one attached hydrogen (secondary N) is 1. The quantitative estimate of drug-likeness (QED) is 0.791. The fourth-order valence-corrected chi connectivity index (χ4v) is 2.68. The minimum Gasteiger partial charge on any atom is -0.397 e. The van der Waals surface area contributed by atoms with E-state index in [2.05, 4.69) is 5.32 Å². The minimum absolute atomic E-state index is 0.0838. The normalized spacial score (nSPS) is 13.0. The van der Waals surface area contributed by atoms with Crippen molar-refractivity contribution in [3.05, 3.63) is 23.8 Å². The number of unbranched alkanes of at least 4 members (excludes halogenated alkanes) is 1. The molecule has 118 valence electrons. The van der Waals surface area contributed by atoms with Crippen molar-refractivity contribution in [1.29, 1.82) is 0 Å². The van der Waals surface area contributed by atoms with Gasteiger partial charge in [0.25, 0.3) is 0 Å². The Hall–Kier alpha value is -1.57. The number of halogens is 3. The number of hydrogen-bond donors (Lipinski definition) is 2. The van der Waals surface area contributed by atoms with Crippen LogP contribution in [0.3, 0.4) is 0 Å². The fraction of sp³-hybridized carbons (Fsp3) is 0.462. The Kier molecular flexibility index (Phi) is 6.19. The van der Waals surface area contributed by atoms with Crippen molar-refractivity contribution in [3.63, 3.8) is 0 Å². The molecule has 4 nitrogen and oxygen atoms in total. The van der Waals surface area contributed by atoms with Gasteiger partial charge in [-0.15, -0.1) is 0 Å². The predicted octanol–water partition coefficient (Wildman–Crippen LogP) is 2.77. The van der Waals surface area contributed by atoms with Crippen LogP contribution < -0.4 is 11.1 Å². The lowest BCUT2D eigenvalue weighted by atomic mass is 10.1. The lowest BCUT2D eigenvalue weighted by Gasteiger charge is -2.11. The molecule has 0 aromatic heterocycles. The summed E-state index contributed by atoms with van der Waals surface area (Å²) < 4.78 is 49.0. The Morgan fingerprint density at radius 3 is 2.57 bits per heavy atom. The summed E-state index contributed by atoms with van der Waals surface area (Å²) in [5.41, 5.74) is 4.50. The molecule has 0 aliphatic carbocycles. The maximum atomic E-state index is 12.5. The van der Waals surface area contributed by atoms with Gasteiger partial charge in [0.05, 0.1) is 16.9 Å². The largest absolute Gasteiger partial charge is 0.416 e. The van der Waals surface area contributed by atoms with Crippen LogP contribution in [-0.2, 0) is 21.8 Å². The average molecular weight is 322 g/mol. The van der Waals surface area contributed by atoms with Gasteiger partial charge in [0.1, 0.15) is 5.75 Å². The maximum absolute atomic E-state index is 12.5. The molecular formula is C13H17F3N2O2S. The highest BCUT2D eigenvalue weighted by atomic mass is 32.2. The molecule has 21 heavy (non-hydrogen) atoms. The van der Waals surface area contributed by atoms with E-state index in [1.807, 2.05) is 6.92 Å². The minimum atomic E-state index is -4.49. The first kappa shape index (κ1) is 17.5. The molecule has 8 heteroatoms. The molecule has 1 amide bonds. The highest BCUT2D eigenvalue weighted by molar-refractivity contribution is 7.85. The van der Waals surface area contributed by atoms with Crippen molar-refractivity contribution in [3.8, 4) is 0 Å². The number of nitrogens with two attached hydrogens (primary N) is 1. The van der Waals surface area contributed by atoms with Gasteiger partial charge in [-0.2, -0.15) is 13.2 Å². The van der Waals surface area contributed by atoms with Crippen LogP contribution in [0.4, 0.5) is 24.5 Å². The van der Waals surface area contributed by atoms with E-state index in [1.54, 1.807) is 0 Å². The topological polar surface area (TPSA) is 72.2 Å². The predicted molar refractivity (Wildman–Crippen MR) is 77.3 cm³/mol. The number of carbonyl (C=O) groups excluding carboxylic acids is 1. The maximum Gasteiger partial charge on any atom is 0.416 e. The number of amides is 1. The number of anilines is 2. The van der Waals surface area contributed by atoms with E-state index in [9.17, 15) is 22.2 Å². The van der Waals surface area contributed by atoms with Crippen molar-refractivity contribution < 1.29 is 22.2 Å². The van der Waals surface area contributed by atoms with Gasteiger partial charge in [-0.25, -0.2) is 0 Å². The van der Waals surface area contributed by atoms with Crippen LogP contribution in [0.25, 0.3) is 0 Å². The van der Waals surface area contributed by atoms with Crippen molar-refractivity contribution in [2.24, 2.45) is 0 Å². The summed E-state index contributed by atoms with van der Waals surface area (Å²) in [6.45, 7) is 1.94. The van der Waals surface area contributed by atoms with Gasteiger partial charge in [-0.1, -0.05) is 13.3 Å². The third-order valence-corrected chi connectivity index (χ3v) is 4.00. The second kappa shape index (κ2) is 7.44. The summed E-state index contributed by atoms with van der Waals surface area (Å²) in [6, 6.07) is 2.68. The molecule has 1 rings (SSSR count). The Bertz CT molecular complexity index is 533. The number of alkyl halides is 3. The molecule has 0 radical (unpaired) electrons. The summed E-state index contributed by atoms with van der Waals surface area (Å²) in [4.78, 5) is 11.6. The Balaban J connectivity index is 2.67. The molecule has 0 aliphatic rings. The van der Waals surface area contributed by atoms with Crippen LogP contribution in [0.2, 0.25) is 0 Å². The molecule has 1 atom stereocenters. The molecule has 0 aliphatic heterocycles. The smallest absolute Gasteiger partial charge is 0.397 e. The van der Waals surface area contributed by atoms with Crippen LogP contribution in [0.5, 0.6) is 0 Å². The Labute approximate surface area is 123 Å². The third kappa shape index (κ3) is 5.74. The van der Waals surface area contributed by atoms with E-state index >= 15 is 0 Å². The van der Waals surface area contributed by atoms with Gasteiger partial charge in [-0.05, 0) is 24.6 Å². The van der Waals surface area contributed by atoms with Crippen molar-refractivity contribution >= 4 is 28.1 Å². The lowest BCUT2D eigenvalue weighted by Crippen LogP contribution is -2.21. The number of benzene rings is 1. The molecule has 1 aromatic rings. The molecule has 0 saturated carbocycles. The third-order valence-electron chi connectivity index (χ3n) is 2.67. The molecule has 0 fully saturated rings. The molecule has 0 heterocycles. The zero-order valence-corrected chi connectivity index (χ0v) is 12.3. The van der Waals surface area contributed by atoms with E-state index in [0.717, 1.165) is 31.0 Å². The Morgan fingerprint density at radius 2 is 2.05 bits per heavy atom. The molecule has 0 spiro atoms. The van der Waals surface area contributed by atoms with E-state index in [0.29, 0.717) is 5.75 Å². The van der Waals surface area contributed by atoms with Gasteiger partial charge in [0, 0.05) is 16.6 Å². The van der Waals surface area contributed by atoms with Crippen molar-refractivity contribution in [2.75, 3.05) is 22.6 Å². The molecule has 1 unspecified atom stereocenters. The van der Waals surface area contributed by atoms with Crippen LogP contribution in [0.1, 0.15) is 25.3 Å². The zero-order valence-electron chi connectivity index (χ0n) is 11.5. The lowest BCUT2D eigenvalue weighted by molar-refractivity contribution is -0.137. The molecule has 3 N–H and O–H groups in total. The summed E-state index contributed by atoms with van der Waals surface area (Å²) >= 11 is 0. The summed E-state index contributed by atoms with van der Waals surface area (Å²) in [7, 11) is -1.28. The first-order chi connectivity index (χ1) is 9.74. The highest BCUT2D eigenvalue weighted by Crippen LogP contribution is 2.32. The molecule has 0 bridgehead atoms. The number of nitrogen functional groups attached to an aromatic ring is 1. The van der Waals surface area contributed by atoms with E-state index in [4.69, 9.17) is 5.73 Å². The number of hydrogen-bond acceptors (Lipinski definition) is 3. The highest BCUT2D eigenvalue weighted by Gasteiger charge is 2.30. The second-order valence-corrected chi connectivity index (χ2v) is 6.07. The second-order valence-electron chi connectivity index (χ2n) is 4.49.